The van der Waals surface area contributed by atoms with E-state index in [1.54, 1.807) is 11.3 Å². The Labute approximate surface area is 133 Å². The SMILES string of the molecule is Cc1n[nH]c(C)c1NC(=O)C[C@@H](c1ccsc1)n1cccc1. The lowest BCUT2D eigenvalue weighted by Crippen LogP contribution is -2.19. The third-order valence-corrected chi connectivity index (χ3v) is 4.39. The molecule has 0 fully saturated rings. The summed E-state index contributed by atoms with van der Waals surface area (Å²) in [6.07, 6.45) is 4.36. The summed E-state index contributed by atoms with van der Waals surface area (Å²) in [4.78, 5) is 12.5. The second kappa shape index (κ2) is 6.19. The highest BCUT2D eigenvalue weighted by molar-refractivity contribution is 7.08. The van der Waals surface area contributed by atoms with Crippen LogP contribution in [0.25, 0.3) is 0 Å². The van der Waals surface area contributed by atoms with Gasteiger partial charge < -0.3 is 9.88 Å². The number of amides is 1. The highest BCUT2D eigenvalue weighted by Crippen LogP contribution is 2.25. The monoisotopic (exact) mass is 314 g/mol. The van der Waals surface area contributed by atoms with Crippen LogP contribution in [0.1, 0.15) is 29.4 Å². The van der Waals surface area contributed by atoms with Gasteiger partial charge in [-0.05, 0) is 48.4 Å². The third kappa shape index (κ3) is 2.96. The van der Waals surface area contributed by atoms with Gasteiger partial charge in [-0.2, -0.15) is 16.4 Å². The van der Waals surface area contributed by atoms with Crippen LogP contribution in [0.4, 0.5) is 5.69 Å². The molecule has 0 radical (unpaired) electrons. The summed E-state index contributed by atoms with van der Waals surface area (Å²) in [7, 11) is 0. The van der Waals surface area contributed by atoms with Gasteiger partial charge in [-0.25, -0.2) is 0 Å². The first-order valence-corrected chi connectivity index (χ1v) is 8.05. The molecule has 0 saturated heterocycles. The third-order valence-electron chi connectivity index (χ3n) is 3.69. The first kappa shape index (κ1) is 14.6. The number of anilines is 1. The molecule has 3 aromatic heterocycles. The molecule has 114 valence electrons. The molecule has 0 aliphatic carbocycles. The molecule has 1 atom stereocenters. The van der Waals surface area contributed by atoms with E-state index in [0.717, 1.165) is 22.6 Å². The van der Waals surface area contributed by atoms with Gasteiger partial charge >= 0.3 is 0 Å². The molecule has 0 bridgehead atoms. The molecular formula is C16H18N4OS. The zero-order chi connectivity index (χ0) is 15.5. The van der Waals surface area contributed by atoms with Crippen LogP contribution in [-0.4, -0.2) is 20.7 Å². The molecule has 3 rings (SSSR count). The summed E-state index contributed by atoms with van der Waals surface area (Å²) < 4.78 is 2.07. The lowest BCUT2D eigenvalue weighted by atomic mass is 10.1. The minimum absolute atomic E-state index is 0.00811. The molecule has 0 spiro atoms. The number of carbonyl (C=O) groups excluding carboxylic acids is 1. The van der Waals surface area contributed by atoms with Gasteiger partial charge in [-0.15, -0.1) is 0 Å². The van der Waals surface area contributed by atoms with E-state index in [0.29, 0.717) is 6.42 Å². The van der Waals surface area contributed by atoms with Gasteiger partial charge in [0.2, 0.25) is 5.91 Å². The molecule has 0 unspecified atom stereocenters. The Morgan fingerprint density at radius 3 is 2.77 bits per heavy atom. The lowest BCUT2D eigenvalue weighted by Gasteiger charge is -2.18. The standard InChI is InChI=1S/C16H18N4OS/c1-11-16(12(2)19-18-11)17-15(21)9-14(13-5-8-22-10-13)20-6-3-4-7-20/h3-8,10,14H,9H2,1-2H3,(H,17,21)(H,18,19)/t14-/m0/s1. The average molecular weight is 314 g/mol. The fourth-order valence-electron chi connectivity index (χ4n) is 2.52. The first-order valence-electron chi connectivity index (χ1n) is 7.11. The number of aromatic amines is 1. The summed E-state index contributed by atoms with van der Waals surface area (Å²) in [6.45, 7) is 3.78. The number of H-pyrrole nitrogens is 1. The summed E-state index contributed by atoms with van der Waals surface area (Å²) in [6, 6.07) is 6.02. The van der Waals surface area contributed by atoms with E-state index in [4.69, 9.17) is 0 Å². The van der Waals surface area contributed by atoms with Crippen molar-refractivity contribution < 1.29 is 4.79 Å². The van der Waals surface area contributed by atoms with Gasteiger partial charge in [-0.3, -0.25) is 9.89 Å². The van der Waals surface area contributed by atoms with Crippen LogP contribution in [0.5, 0.6) is 0 Å². The Morgan fingerprint density at radius 1 is 1.41 bits per heavy atom. The van der Waals surface area contributed by atoms with Crippen LogP contribution in [0.15, 0.2) is 41.4 Å². The minimum atomic E-state index is -0.0162. The van der Waals surface area contributed by atoms with E-state index in [9.17, 15) is 4.79 Å². The smallest absolute Gasteiger partial charge is 0.226 e. The van der Waals surface area contributed by atoms with Gasteiger partial charge in [0.15, 0.2) is 0 Å². The topological polar surface area (TPSA) is 62.7 Å². The molecule has 0 aliphatic heterocycles. The molecule has 2 N–H and O–H groups in total. The summed E-state index contributed by atoms with van der Waals surface area (Å²) >= 11 is 1.64. The van der Waals surface area contributed by atoms with Crippen molar-refractivity contribution in [2.24, 2.45) is 0 Å². The molecule has 0 aromatic carbocycles. The number of nitrogens with one attached hydrogen (secondary N) is 2. The Kier molecular flexibility index (Phi) is 4.11. The number of carbonyl (C=O) groups is 1. The van der Waals surface area contributed by atoms with Crippen LogP contribution < -0.4 is 5.32 Å². The predicted octanol–water partition coefficient (Wildman–Crippen LogP) is 3.51. The Bertz CT molecular complexity index is 690. The highest BCUT2D eigenvalue weighted by atomic mass is 32.1. The molecule has 3 aromatic rings. The highest BCUT2D eigenvalue weighted by Gasteiger charge is 2.19. The molecule has 0 saturated carbocycles. The maximum absolute atomic E-state index is 12.5. The van der Waals surface area contributed by atoms with E-state index in [1.807, 2.05) is 43.8 Å². The van der Waals surface area contributed by atoms with Crippen LogP contribution in [0, 0.1) is 13.8 Å². The van der Waals surface area contributed by atoms with Crippen molar-refractivity contribution in [3.05, 3.63) is 58.3 Å². The second-order valence-electron chi connectivity index (χ2n) is 5.26. The van der Waals surface area contributed by atoms with Gasteiger partial charge in [0.1, 0.15) is 0 Å². The molecule has 22 heavy (non-hydrogen) atoms. The fourth-order valence-corrected chi connectivity index (χ4v) is 3.22. The van der Waals surface area contributed by atoms with Crippen molar-refractivity contribution in [3.63, 3.8) is 0 Å². The van der Waals surface area contributed by atoms with Gasteiger partial charge in [0, 0.05) is 12.4 Å². The normalized spacial score (nSPS) is 12.3. The van der Waals surface area contributed by atoms with Crippen molar-refractivity contribution >= 4 is 22.9 Å². The largest absolute Gasteiger partial charge is 0.346 e. The van der Waals surface area contributed by atoms with Crippen molar-refractivity contribution in [2.45, 2.75) is 26.3 Å². The summed E-state index contributed by atoms with van der Waals surface area (Å²) in [5, 5.41) is 14.1. The van der Waals surface area contributed by atoms with E-state index < -0.39 is 0 Å². The number of hydrogen-bond donors (Lipinski definition) is 2. The number of aromatic nitrogens is 3. The van der Waals surface area contributed by atoms with Gasteiger partial charge in [0.05, 0.1) is 29.5 Å². The van der Waals surface area contributed by atoms with Crippen molar-refractivity contribution in [1.29, 1.82) is 0 Å². The van der Waals surface area contributed by atoms with E-state index >= 15 is 0 Å². The Balaban J connectivity index is 1.78. The number of thiophene rings is 1. The van der Waals surface area contributed by atoms with E-state index in [1.165, 1.54) is 0 Å². The van der Waals surface area contributed by atoms with Gasteiger partial charge in [-0.1, -0.05) is 0 Å². The average Bonchev–Trinajstić information content (AvgIpc) is 3.23. The van der Waals surface area contributed by atoms with Crippen LogP contribution in [-0.2, 0) is 4.79 Å². The minimum Gasteiger partial charge on any atom is -0.346 e. The zero-order valence-corrected chi connectivity index (χ0v) is 13.4. The maximum atomic E-state index is 12.5. The fraction of sp³-hybridized carbons (Fsp3) is 0.250. The van der Waals surface area contributed by atoms with E-state index in [2.05, 4.69) is 31.5 Å². The number of nitrogens with zero attached hydrogens (tertiary/aromatic N) is 2. The van der Waals surface area contributed by atoms with Crippen molar-refractivity contribution in [2.75, 3.05) is 5.32 Å². The zero-order valence-electron chi connectivity index (χ0n) is 12.5. The Morgan fingerprint density at radius 2 is 2.18 bits per heavy atom. The molecule has 3 heterocycles. The van der Waals surface area contributed by atoms with Crippen LogP contribution in [0.2, 0.25) is 0 Å². The van der Waals surface area contributed by atoms with Crippen LogP contribution >= 0.6 is 11.3 Å². The van der Waals surface area contributed by atoms with Crippen molar-refractivity contribution in [1.82, 2.24) is 14.8 Å². The summed E-state index contributed by atoms with van der Waals surface area (Å²) in [5.74, 6) is -0.0162. The molecule has 6 heteroatoms. The lowest BCUT2D eigenvalue weighted by molar-refractivity contribution is -0.116. The predicted molar refractivity (Wildman–Crippen MR) is 88.2 cm³/mol. The second-order valence-corrected chi connectivity index (χ2v) is 6.04. The van der Waals surface area contributed by atoms with Crippen LogP contribution in [0.3, 0.4) is 0 Å². The quantitative estimate of drug-likeness (QED) is 0.757. The molecule has 5 nitrogen and oxygen atoms in total. The molecular weight excluding hydrogens is 296 g/mol. The molecule has 1 amide bonds. The maximum Gasteiger partial charge on any atom is 0.226 e. The van der Waals surface area contributed by atoms with Crippen molar-refractivity contribution in [3.8, 4) is 0 Å². The molecule has 0 aliphatic rings. The van der Waals surface area contributed by atoms with E-state index in [-0.39, 0.29) is 11.9 Å². The number of hydrogen-bond acceptors (Lipinski definition) is 3. The van der Waals surface area contributed by atoms with Gasteiger partial charge in [0.25, 0.3) is 0 Å². The summed E-state index contributed by atoms with van der Waals surface area (Å²) in [5.41, 5.74) is 3.61. The Hall–Kier alpha value is -2.34. The first-order chi connectivity index (χ1) is 10.6. The number of aryl methyl sites for hydroxylation is 2. The number of rotatable bonds is 5.